The van der Waals surface area contributed by atoms with Gasteiger partial charge in [0.05, 0.1) is 13.0 Å². The molecule has 0 spiro atoms. The predicted octanol–water partition coefficient (Wildman–Crippen LogP) is 3.30. The van der Waals surface area contributed by atoms with Crippen LogP contribution in [0.3, 0.4) is 0 Å². The van der Waals surface area contributed by atoms with E-state index in [0.29, 0.717) is 22.9 Å². The molecular formula is C21H18FN5O2. The van der Waals surface area contributed by atoms with Crippen LogP contribution in [0.1, 0.15) is 11.5 Å². The van der Waals surface area contributed by atoms with Crippen molar-refractivity contribution in [3.63, 3.8) is 0 Å². The minimum Gasteiger partial charge on any atom is -0.468 e. The molecule has 1 unspecified atom stereocenters. The maximum absolute atomic E-state index is 13.2. The number of esters is 1. The topological polar surface area (TPSA) is 81.4 Å². The fraction of sp³-hybridized carbons (Fsp3) is 0.143. The van der Waals surface area contributed by atoms with Crippen molar-refractivity contribution in [2.45, 2.75) is 5.92 Å². The highest BCUT2D eigenvalue weighted by molar-refractivity contribution is 5.78. The molecule has 2 aromatic heterocycles. The maximum Gasteiger partial charge on any atom is 0.314 e. The zero-order chi connectivity index (χ0) is 20.2. The van der Waals surface area contributed by atoms with Crippen LogP contribution < -0.4 is 5.32 Å². The summed E-state index contributed by atoms with van der Waals surface area (Å²) in [6, 6.07) is 19.0. The minimum absolute atomic E-state index is 0.236. The third-order valence-electron chi connectivity index (χ3n) is 4.54. The van der Waals surface area contributed by atoms with Gasteiger partial charge < -0.3 is 10.1 Å². The van der Waals surface area contributed by atoms with Crippen LogP contribution in [-0.2, 0) is 9.53 Å². The summed E-state index contributed by atoms with van der Waals surface area (Å²) in [6.45, 7) is 0.236. The monoisotopic (exact) mass is 391 g/mol. The Bertz CT molecular complexity index is 1130. The average Bonchev–Trinajstić information content (AvgIpc) is 3.18. The molecule has 2 aromatic carbocycles. The Morgan fingerprint density at radius 3 is 2.55 bits per heavy atom. The molecule has 0 bridgehead atoms. The number of hydrogen-bond donors (Lipinski definition) is 1. The van der Waals surface area contributed by atoms with Crippen LogP contribution in [0.25, 0.3) is 17.0 Å². The second-order valence-electron chi connectivity index (χ2n) is 6.39. The van der Waals surface area contributed by atoms with Gasteiger partial charge in [0.1, 0.15) is 11.6 Å². The van der Waals surface area contributed by atoms with E-state index < -0.39 is 11.9 Å². The summed E-state index contributed by atoms with van der Waals surface area (Å²) in [7, 11) is 1.33. The molecule has 29 heavy (non-hydrogen) atoms. The van der Waals surface area contributed by atoms with Crippen molar-refractivity contribution in [3.05, 3.63) is 78.1 Å². The van der Waals surface area contributed by atoms with Crippen molar-refractivity contribution in [2.75, 3.05) is 19.0 Å². The van der Waals surface area contributed by atoms with E-state index in [0.717, 1.165) is 5.56 Å². The van der Waals surface area contributed by atoms with Crippen molar-refractivity contribution >= 4 is 17.4 Å². The highest BCUT2D eigenvalue weighted by Gasteiger charge is 2.22. The van der Waals surface area contributed by atoms with Gasteiger partial charge in [0.15, 0.2) is 11.5 Å². The summed E-state index contributed by atoms with van der Waals surface area (Å²) in [4.78, 5) is 12.2. The smallest absolute Gasteiger partial charge is 0.314 e. The molecule has 2 heterocycles. The number of carbonyl (C=O) groups excluding carboxylic acids is 1. The van der Waals surface area contributed by atoms with E-state index in [1.807, 2.05) is 30.3 Å². The Labute approximate surface area is 166 Å². The van der Waals surface area contributed by atoms with Crippen LogP contribution in [0, 0.1) is 5.82 Å². The van der Waals surface area contributed by atoms with Crippen molar-refractivity contribution in [1.29, 1.82) is 0 Å². The fourth-order valence-electron chi connectivity index (χ4n) is 3.03. The molecule has 0 saturated carbocycles. The van der Waals surface area contributed by atoms with Crippen molar-refractivity contribution < 1.29 is 13.9 Å². The maximum atomic E-state index is 13.2. The summed E-state index contributed by atoms with van der Waals surface area (Å²) >= 11 is 0. The molecule has 0 aliphatic carbocycles. The first-order valence-corrected chi connectivity index (χ1v) is 9.01. The fourth-order valence-corrected chi connectivity index (χ4v) is 3.03. The quantitative estimate of drug-likeness (QED) is 0.508. The third kappa shape index (κ3) is 3.91. The highest BCUT2D eigenvalue weighted by Crippen LogP contribution is 2.21. The van der Waals surface area contributed by atoms with E-state index in [2.05, 4.69) is 20.6 Å². The SMILES string of the molecule is COC(=O)C(CNc1ccc2nnc(-c3ccccc3)n2n1)c1ccc(F)cc1. The lowest BCUT2D eigenvalue weighted by Crippen LogP contribution is -2.23. The van der Waals surface area contributed by atoms with E-state index in [1.165, 1.54) is 19.2 Å². The molecule has 0 amide bonds. The van der Waals surface area contributed by atoms with Gasteiger partial charge in [0, 0.05) is 12.1 Å². The van der Waals surface area contributed by atoms with Gasteiger partial charge in [-0.2, -0.15) is 4.52 Å². The number of ether oxygens (including phenoxy) is 1. The van der Waals surface area contributed by atoms with Crippen molar-refractivity contribution in [2.24, 2.45) is 0 Å². The van der Waals surface area contributed by atoms with E-state index >= 15 is 0 Å². The Morgan fingerprint density at radius 2 is 1.83 bits per heavy atom. The van der Waals surface area contributed by atoms with Crippen LogP contribution >= 0.6 is 0 Å². The largest absolute Gasteiger partial charge is 0.468 e. The van der Waals surface area contributed by atoms with Gasteiger partial charge in [-0.25, -0.2) is 4.39 Å². The van der Waals surface area contributed by atoms with Crippen LogP contribution in [0.2, 0.25) is 0 Å². The summed E-state index contributed by atoms with van der Waals surface area (Å²) in [6.07, 6.45) is 0. The van der Waals surface area contributed by atoms with Crippen molar-refractivity contribution in [3.8, 4) is 11.4 Å². The summed E-state index contributed by atoms with van der Waals surface area (Å²) in [5.74, 6) is -0.219. The molecule has 4 rings (SSSR count). The lowest BCUT2D eigenvalue weighted by molar-refractivity contribution is -0.142. The molecule has 1 atom stereocenters. The van der Waals surface area contributed by atoms with E-state index in [9.17, 15) is 9.18 Å². The lowest BCUT2D eigenvalue weighted by atomic mass is 9.99. The van der Waals surface area contributed by atoms with Gasteiger partial charge in [0.2, 0.25) is 0 Å². The number of anilines is 1. The molecule has 0 saturated heterocycles. The Balaban J connectivity index is 1.59. The zero-order valence-electron chi connectivity index (χ0n) is 15.6. The average molecular weight is 391 g/mol. The first-order valence-electron chi connectivity index (χ1n) is 9.01. The number of fused-ring (bicyclic) bond motifs is 1. The number of aromatic nitrogens is 4. The molecule has 0 fully saturated rings. The zero-order valence-corrected chi connectivity index (χ0v) is 15.6. The van der Waals surface area contributed by atoms with Crippen LogP contribution in [0.5, 0.6) is 0 Å². The number of methoxy groups -OCH3 is 1. The van der Waals surface area contributed by atoms with Gasteiger partial charge in [-0.3, -0.25) is 4.79 Å². The summed E-state index contributed by atoms with van der Waals surface area (Å²) in [5, 5.41) is 16.1. The van der Waals surface area contributed by atoms with E-state index in [4.69, 9.17) is 4.74 Å². The summed E-state index contributed by atoms with van der Waals surface area (Å²) < 4.78 is 19.8. The van der Waals surface area contributed by atoms with E-state index in [-0.39, 0.29) is 12.4 Å². The lowest BCUT2D eigenvalue weighted by Gasteiger charge is -2.16. The first-order chi connectivity index (χ1) is 14.2. The Kier molecular flexibility index (Phi) is 5.15. The molecular weight excluding hydrogens is 373 g/mol. The number of rotatable bonds is 6. The number of hydrogen-bond acceptors (Lipinski definition) is 6. The number of carbonyl (C=O) groups is 1. The standard InChI is InChI=1S/C21H18FN5O2/c1-29-21(28)17(14-7-9-16(22)10-8-14)13-23-18-11-12-19-24-25-20(27(19)26-18)15-5-3-2-4-6-15/h2-12,17H,13H2,1H3,(H,23,26). The number of nitrogens with one attached hydrogen (secondary N) is 1. The number of halogens is 1. The molecule has 0 radical (unpaired) electrons. The second kappa shape index (κ2) is 8.05. The van der Waals surface area contributed by atoms with Crippen molar-refractivity contribution in [1.82, 2.24) is 19.8 Å². The molecule has 1 N–H and O–H groups in total. The van der Waals surface area contributed by atoms with Gasteiger partial charge in [-0.05, 0) is 29.8 Å². The first kappa shape index (κ1) is 18.5. The Morgan fingerprint density at radius 1 is 1.07 bits per heavy atom. The second-order valence-corrected chi connectivity index (χ2v) is 6.39. The molecule has 7 nitrogen and oxygen atoms in total. The van der Waals surface area contributed by atoms with Gasteiger partial charge in [-0.15, -0.1) is 15.3 Å². The summed E-state index contributed by atoms with van der Waals surface area (Å²) in [5.41, 5.74) is 2.15. The van der Waals surface area contributed by atoms with Crippen LogP contribution in [0.15, 0.2) is 66.7 Å². The van der Waals surface area contributed by atoms with Crippen LogP contribution in [0.4, 0.5) is 10.2 Å². The molecule has 8 heteroatoms. The third-order valence-corrected chi connectivity index (χ3v) is 4.54. The number of nitrogens with zero attached hydrogens (tertiary/aromatic N) is 4. The minimum atomic E-state index is -0.604. The highest BCUT2D eigenvalue weighted by atomic mass is 19.1. The normalized spacial score (nSPS) is 11.9. The molecule has 0 aliphatic heterocycles. The molecule has 146 valence electrons. The van der Waals surface area contributed by atoms with E-state index in [1.54, 1.807) is 28.8 Å². The Hall–Kier alpha value is -3.81. The number of benzene rings is 2. The molecule has 4 aromatic rings. The predicted molar refractivity (Wildman–Crippen MR) is 106 cm³/mol. The van der Waals surface area contributed by atoms with Gasteiger partial charge >= 0.3 is 5.97 Å². The van der Waals surface area contributed by atoms with Crippen LogP contribution in [-0.4, -0.2) is 39.4 Å². The molecule has 0 aliphatic rings. The van der Waals surface area contributed by atoms with Gasteiger partial charge in [0.25, 0.3) is 0 Å². The van der Waals surface area contributed by atoms with Gasteiger partial charge in [-0.1, -0.05) is 42.5 Å².